The fourth-order valence-electron chi connectivity index (χ4n) is 0.998. The van der Waals surface area contributed by atoms with E-state index >= 15 is 0 Å². The van der Waals surface area contributed by atoms with E-state index < -0.39 is 24.6 Å². The number of alkyl halides is 3. The number of nitrogens with one attached hydrogen (secondary N) is 2. The highest BCUT2D eigenvalue weighted by Crippen LogP contribution is 2.21. The first kappa shape index (κ1) is 15.5. The third kappa shape index (κ3) is 12.5. The van der Waals surface area contributed by atoms with Crippen LogP contribution in [0, 0.1) is 0 Å². The SMILES string of the molecule is O=C(O)CCNC(=O)NCCCCC(F)(F)F. The van der Waals surface area contributed by atoms with Crippen LogP contribution in [0.1, 0.15) is 25.7 Å². The van der Waals surface area contributed by atoms with Crippen molar-refractivity contribution in [2.75, 3.05) is 13.1 Å². The number of carboxylic acid groups (broad SMARTS) is 1. The summed E-state index contributed by atoms with van der Waals surface area (Å²) in [6.07, 6.45) is -5.04. The van der Waals surface area contributed by atoms with Crippen molar-refractivity contribution in [2.24, 2.45) is 0 Å². The van der Waals surface area contributed by atoms with E-state index in [1.165, 1.54) is 0 Å². The molecule has 0 unspecified atom stereocenters. The van der Waals surface area contributed by atoms with Gasteiger partial charge in [-0.15, -0.1) is 0 Å². The van der Waals surface area contributed by atoms with Crippen molar-refractivity contribution in [1.82, 2.24) is 10.6 Å². The average Bonchev–Trinajstić information content (AvgIpc) is 2.14. The van der Waals surface area contributed by atoms with Gasteiger partial charge in [0.1, 0.15) is 0 Å². The molecule has 0 bridgehead atoms. The minimum atomic E-state index is -4.16. The lowest BCUT2D eigenvalue weighted by Gasteiger charge is -2.07. The van der Waals surface area contributed by atoms with Crippen LogP contribution in [-0.2, 0) is 4.79 Å². The summed E-state index contributed by atoms with van der Waals surface area (Å²) in [6.45, 7) is 0.124. The molecule has 0 saturated heterocycles. The highest BCUT2D eigenvalue weighted by molar-refractivity contribution is 5.74. The molecule has 0 aromatic heterocycles. The molecule has 0 aromatic carbocycles. The number of aliphatic carboxylic acids is 1. The van der Waals surface area contributed by atoms with Crippen molar-refractivity contribution >= 4 is 12.0 Å². The second-order valence-electron chi connectivity index (χ2n) is 3.40. The molecule has 0 atom stereocenters. The van der Waals surface area contributed by atoms with Gasteiger partial charge in [-0.25, -0.2) is 4.79 Å². The lowest BCUT2D eigenvalue weighted by Crippen LogP contribution is -2.37. The predicted molar refractivity (Wildman–Crippen MR) is 53.6 cm³/mol. The first-order chi connectivity index (χ1) is 7.81. The Balaban J connectivity index is 3.37. The molecule has 0 saturated carbocycles. The fraction of sp³-hybridized carbons (Fsp3) is 0.778. The topological polar surface area (TPSA) is 78.4 Å². The number of hydrogen-bond acceptors (Lipinski definition) is 2. The van der Waals surface area contributed by atoms with Gasteiger partial charge in [0.2, 0.25) is 0 Å². The Kier molecular flexibility index (Phi) is 7.08. The van der Waals surface area contributed by atoms with Crippen molar-refractivity contribution < 1.29 is 27.9 Å². The summed E-state index contributed by atoms with van der Waals surface area (Å²) in [4.78, 5) is 21.0. The van der Waals surface area contributed by atoms with Crippen LogP contribution in [0.3, 0.4) is 0 Å². The summed E-state index contributed by atoms with van der Waals surface area (Å²) < 4.78 is 35.2. The van der Waals surface area contributed by atoms with Crippen molar-refractivity contribution in [2.45, 2.75) is 31.9 Å². The molecule has 100 valence electrons. The number of carbonyl (C=O) groups is 2. The summed E-state index contributed by atoms with van der Waals surface area (Å²) in [7, 11) is 0. The van der Waals surface area contributed by atoms with E-state index in [1.54, 1.807) is 0 Å². The highest BCUT2D eigenvalue weighted by atomic mass is 19.4. The number of halogens is 3. The van der Waals surface area contributed by atoms with Gasteiger partial charge in [0.25, 0.3) is 0 Å². The van der Waals surface area contributed by atoms with E-state index in [2.05, 4.69) is 10.6 Å². The Bertz CT molecular complexity index is 256. The predicted octanol–water partition coefficient (Wildman–Crippen LogP) is 1.49. The summed E-state index contributed by atoms with van der Waals surface area (Å²) >= 11 is 0. The largest absolute Gasteiger partial charge is 0.481 e. The molecule has 2 amide bonds. The summed E-state index contributed by atoms with van der Waals surface area (Å²) in [5, 5.41) is 12.9. The summed E-state index contributed by atoms with van der Waals surface area (Å²) in [5.74, 6) is -1.03. The minimum absolute atomic E-state index is 0.0102. The van der Waals surface area contributed by atoms with Crippen LogP contribution in [-0.4, -0.2) is 36.4 Å². The molecular formula is C9H15F3N2O3. The van der Waals surface area contributed by atoms with E-state index in [4.69, 9.17) is 5.11 Å². The molecule has 0 fully saturated rings. The van der Waals surface area contributed by atoms with Crippen LogP contribution < -0.4 is 10.6 Å². The van der Waals surface area contributed by atoms with E-state index in [0.717, 1.165) is 0 Å². The van der Waals surface area contributed by atoms with E-state index in [9.17, 15) is 22.8 Å². The highest BCUT2D eigenvalue weighted by Gasteiger charge is 2.25. The molecule has 0 aliphatic heterocycles. The second-order valence-corrected chi connectivity index (χ2v) is 3.40. The molecule has 17 heavy (non-hydrogen) atoms. The van der Waals surface area contributed by atoms with E-state index in [0.29, 0.717) is 0 Å². The molecule has 0 aliphatic rings. The second kappa shape index (κ2) is 7.75. The standard InChI is InChI=1S/C9H15F3N2O3/c10-9(11,12)4-1-2-5-13-8(17)14-6-3-7(15)16/h1-6H2,(H,15,16)(H2,13,14,17). The molecule has 0 rings (SSSR count). The molecule has 0 aromatic rings. The van der Waals surface area contributed by atoms with Crippen molar-refractivity contribution in [1.29, 1.82) is 0 Å². The zero-order valence-electron chi connectivity index (χ0n) is 9.14. The number of carboxylic acids is 1. The van der Waals surface area contributed by atoms with Crippen molar-refractivity contribution in [3.8, 4) is 0 Å². The number of rotatable bonds is 7. The van der Waals surface area contributed by atoms with E-state index in [-0.39, 0.29) is 32.4 Å². The normalized spacial score (nSPS) is 11.0. The third-order valence-corrected chi connectivity index (χ3v) is 1.80. The first-order valence-corrected chi connectivity index (χ1v) is 5.11. The van der Waals surface area contributed by atoms with Gasteiger partial charge in [-0.3, -0.25) is 4.79 Å². The minimum Gasteiger partial charge on any atom is -0.481 e. The monoisotopic (exact) mass is 256 g/mol. The molecule has 3 N–H and O–H groups in total. The molecule has 0 spiro atoms. The average molecular weight is 256 g/mol. The quantitative estimate of drug-likeness (QED) is 0.604. The third-order valence-electron chi connectivity index (χ3n) is 1.80. The molecule has 0 radical (unpaired) electrons. The van der Waals surface area contributed by atoms with Gasteiger partial charge in [-0.2, -0.15) is 13.2 Å². The molecule has 5 nitrogen and oxygen atoms in total. The Labute approximate surface area is 96.4 Å². The number of unbranched alkanes of at least 4 members (excludes halogenated alkanes) is 1. The zero-order chi connectivity index (χ0) is 13.3. The maximum atomic E-state index is 11.7. The van der Waals surface area contributed by atoms with Gasteiger partial charge < -0.3 is 15.7 Å². The van der Waals surface area contributed by atoms with E-state index in [1.807, 2.05) is 0 Å². The maximum Gasteiger partial charge on any atom is 0.389 e. The Morgan fingerprint density at radius 2 is 1.65 bits per heavy atom. The molecule has 0 heterocycles. The Morgan fingerprint density at radius 3 is 2.18 bits per heavy atom. The van der Waals surface area contributed by atoms with Crippen LogP contribution in [0.2, 0.25) is 0 Å². The zero-order valence-corrected chi connectivity index (χ0v) is 9.14. The van der Waals surface area contributed by atoms with Gasteiger partial charge in [0, 0.05) is 19.5 Å². The Morgan fingerprint density at radius 1 is 1.06 bits per heavy atom. The van der Waals surface area contributed by atoms with Crippen molar-refractivity contribution in [3.63, 3.8) is 0 Å². The fourth-order valence-corrected chi connectivity index (χ4v) is 0.998. The lowest BCUT2D eigenvalue weighted by molar-refractivity contribution is -0.137. The van der Waals surface area contributed by atoms with Gasteiger partial charge in [-0.05, 0) is 12.8 Å². The number of urea groups is 1. The van der Waals surface area contributed by atoms with Crippen LogP contribution in [0.15, 0.2) is 0 Å². The lowest BCUT2D eigenvalue weighted by atomic mass is 10.2. The van der Waals surface area contributed by atoms with Crippen LogP contribution in [0.5, 0.6) is 0 Å². The van der Waals surface area contributed by atoms with Crippen LogP contribution >= 0.6 is 0 Å². The van der Waals surface area contributed by atoms with Crippen molar-refractivity contribution in [3.05, 3.63) is 0 Å². The molecular weight excluding hydrogens is 241 g/mol. The van der Waals surface area contributed by atoms with Gasteiger partial charge in [-0.1, -0.05) is 0 Å². The van der Waals surface area contributed by atoms with Gasteiger partial charge in [0.05, 0.1) is 6.42 Å². The number of carbonyl (C=O) groups excluding carboxylic acids is 1. The summed E-state index contributed by atoms with van der Waals surface area (Å²) in [5.41, 5.74) is 0. The molecule has 0 aliphatic carbocycles. The maximum absolute atomic E-state index is 11.7. The Hall–Kier alpha value is -1.47. The summed E-state index contributed by atoms with van der Waals surface area (Å²) in [6, 6.07) is -0.571. The van der Waals surface area contributed by atoms with Gasteiger partial charge >= 0.3 is 18.2 Å². The number of amides is 2. The molecule has 8 heteroatoms. The first-order valence-electron chi connectivity index (χ1n) is 5.11. The number of hydrogen-bond donors (Lipinski definition) is 3. The van der Waals surface area contributed by atoms with Crippen LogP contribution in [0.25, 0.3) is 0 Å². The van der Waals surface area contributed by atoms with Crippen LogP contribution in [0.4, 0.5) is 18.0 Å². The smallest absolute Gasteiger partial charge is 0.389 e. The van der Waals surface area contributed by atoms with Gasteiger partial charge in [0.15, 0.2) is 0 Å².